The van der Waals surface area contributed by atoms with Crippen molar-refractivity contribution in [2.75, 3.05) is 105 Å². The van der Waals surface area contributed by atoms with Gasteiger partial charge in [0.25, 0.3) is 20.2 Å². The molecule has 137 heavy (non-hydrogen) atoms. The van der Waals surface area contributed by atoms with Crippen LogP contribution in [0.4, 0.5) is 39.5 Å². The Balaban J connectivity index is 0.000000274. The SMILES string of the molecule is C.C=CCC[C@@H](O)COc1ccc(F)cc1.C=CCC[C@H](COc1ccc(F)cc1)OS(=O)(=O)c1ccccc1.ClCC1CO1.Fc1ccc(OCC2CO2)cc1.Fc1ccc(OCC2CO2)cc1.Fc1ccc(OC[C@H]2CO2)cc1.O=S(=O)(OC[C@@H](O)COc1ccc(F)cc1)c1ccccc1.OC[C@@H](O)COc1ccc(F)cc1.OC[C@@H](O)COc1ccc(F)cc1.Oc1ccc(F)cc1. The number of rotatable bonds is 40. The van der Waals surface area contributed by atoms with Gasteiger partial charge in [-0.15, -0.1) is 24.8 Å². The number of epoxide rings is 4. The molecular weight excluding hydrogens is 1870 g/mol. The van der Waals surface area contributed by atoms with Crippen molar-refractivity contribution in [1.82, 2.24) is 0 Å². The molecule has 37 heteroatoms. The molecule has 4 fully saturated rings. The normalized spacial score (nSPS) is 15.2. The number of benzene rings is 11. The summed E-state index contributed by atoms with van der Waals surface area (Å²) in [5, 5.41) is 62.5. The topological polar surface area (TPSA) is 352 Å². The van der Waals surface area contributed by atoms with Crippen LogP contribution in [0.1, 0.15) is 33.1 Å². The number of hydrogen-bond acceptors (Lipinski definition) is 25. The zero-order valence-electron chi connectivity index (χ0n) is 73.5. The number of halogens is 10. The van der Waals surface area contributed by atoms with Crippen LogP contribution in [-0.4, -0.2) is 213 Å². The molecule has 0 radical (unpaired) electrons. The molecular formula is C100H112ClF9O25S2. The standard InChI is InChI=1S/C18H19FO4S.C15H15FO5S.C12H15FO2.2C9H11FO3.3C9H9FO2.C6H5FO.C3H5ClO.CH4/c1-2-3-7-17(14-22-16-12-10-15(19)11-13-16)23-24(20,21)18-8-5-4-6-9-18;16-12-6-8-14(9-7-12)20-10-13(17)11-21-22(18,19)15-4-2-1-3-5-15;1-2-3-4-11(14)9-15-12-7-5-10(13)6-8-12;2*10-7-1-3-9(4-2-7)13-6-8(12)5-11;3*10-7-1-3-8(4-2-7)11-5-9-6-12-9;7-5-1-3-6(8)4-2-5;4-1-3-2-5-3;/h2,4-6,8-13,17H,1,3,7,14H2;1-9,13,17H,10-11H2;2,5-8,11,14H,1,3-4,9H2;2*1-4,8,11-12H,5-6H2;3*1-4,9H,5-6H2;1-4,8H;3H,1-2H2;1H4/t17-;13-;11-;2*8-;9-;;;;;/m101110...../s1. The Hall–Kier alpha value is -11.8. The molecule has 11 aromatic carbocycles. The van der Waals surface area contributed by atoms with E-state index in [9.17, 15) is 66.6 Å². The summed E-state index contributed by atoms with van der Waals surface area (Å²) in [6.07, 6.45) is 2.88. The maximum absolute atomic E-state index is 12.9. The van der Waals surface area contributed by atoms with Crippen molar-refractivity contribution in [3.05, 3.63) is 357 Å². The largest absolute Gasteiger partial charge is 0.508 e. The van der Waals surface area contributed by atoms with Crippen molar-refractivity contribution in [2.24, 2.45) is 0 Å². The van der Waals surface area contributed by atoms with Gasteiger partial charge in [0.1, 0.15) is 200 Å². The van der Waals surface area contributed by atoms with Crippen LogP contribution >= 0.6 is 11.6 Å². The zero-order valence-corrected chi connectivity index (χ0v) is 75.9. The van der Waals surface area contributed by atoms with Gasteiger partial charge in [-0.2, -0.15) is 16.8 Å². The minimum absolute atomic E-state index is 0. The number of phenols is 1. The molecule has 7 N–H and O–H groups in total. The van der Waals surface area contributed by atoms with E-state index in [1.165, 1.54) is 206 Å². The monoisotopic (exact) mass is 1980 g/mol. The molecule has 25 nitrogen and oxygen atoms in total. The Bertz CT molecular complexity index is 5050. The average Bonchev–Trinajstić information content (AvgIpc) is 1.33. The predicted molar refractivity (Wildman–Crippen MR) is 495 cm³/mol. The fourth-order valence-corrected chi connectivity index (χ4v) is 11.8. The fraction of sp³-hybridized carbons (Fsp3) is 0.300. The third-order valence-corrected chi connectivity index (χ3v) is 20.2. The molecule has 4 saturated heterocycles. The van der Waals surface area contributed by atoms with Crippen molar-refractivity contribution in [3.63, 3.8) is 0 Å². The van der Waals surface area contributed by atoms with Gasteiger partial charge in [0.2, 0.25) is 0 Å². The first-order valence-electron chi connectivity index (χ1n) is 42.0. The van der Waals surface area contributed by atoms with E-state index in [2.05, 4.69) is 13.2 Å². The lowest BCUT2D eigenvalue weighted by Gasteiger charge is -2.18. The molecule has 0 bridgehead atoms. The van der Waals surface area contributed by atoms with Crippen molar-refractivity contribution >= 4 is 31.8 Å². The van der Waals surface area contributed by atoms with Crippen LogP contribution in [0.15, 0.2) is 314 Å². The highest BCUT2D eigenvalue weighted by molar-refractivity contribution is 7.87. The zero-order chi connectivity index (χ0) is 98.7. The molecule has 0 aromatic heterocycles. The number of alkyl halides is 1. The van der Waals surface area contributed by atoms with Gasteiger partial charge in [-0.05, 0) is 268 Å². The minimum atomic E-state index is -3.91. The Labute approximate surface area is 796 Å². The summed E-state index contributed by atoms with van der Waals surface area (Å²) < 4.78 is 232. The number of phenolic OH excluding ortho intramolecular Hbond substituents is 1. The van der Waals surface area contributed by atoms with Crippen LogP contribution in [0.2, 0.25) is 0 Å². The smallest absolute Gasteiger partial charge is 0.297 e. The Morgan fingerprint density at radius 3 is 0.818 bits per heavy atom. The lowest BCUT2D eigenvalue weighted by molar-refractivity contribution is 0.0536. The van der Waals surface area contributed by atoms with Crippen LogP contribution in [0, 0.1) is 52.4 Å². The van der Waals surface area contributed by atoms with Gasteiger partial charge < -0.3 is 92.6 Å². The van der Waals surface area contributed by atoms with Crippen LogP contribution in [0.5, 0.6) is 51.7 Å². The van der Waals surface area contributed by atoms with E-state index < -0.39 is 63.2 Å². The van der Waals surface area contributed by atoms with Crippen LogP contribution < -0.4 is 37.9 Å². The molecule has 4 aliphatic rings. The van der Waals surface area contributed by atoms with Gasteiger partial charge in [-0.1, -0.05) is 56.0 Å². The Kier molecular flexibility index (Phi) is 55.6. The average molecular weight is 1980 g/mol. The van der Waals surface area contributed by atoms with Gasteiger partial charge in [0, 0.05) is 0 Å². The van der Waals surface area contributed by atoms with Gasteiger partial charge >= 0.3 is 0 Å². The van der Waals surface area contributed by atoms with Gasteiger partial charge in [0.15, 0.2) is 0 Å². The summed E-state index contributed by atoms with van der Waals surface area (Å²) in [7, 11) is -7.78. The van der Waals surface area contributed by atoms with E-state index in [4.69, 9.17) is 102 Å². The summed E-state index contributed by atoms with van der Waals surface area (Å²) in [6, 6.07) is 65.9. The number of aromatic hydroxyl groups is 1. The maximum Gasteiger partial charge on any atom is 0.297 e. The highest BCUT2D eigenvalue weighted by Gasteiger charge is 2.27. The molecule has 11 aromatic rings. The van der Waals surface area contributed by atoms with E-state index in [0.717, 1.165) is 32.8 Å². The fourth-order valence-electron chi connectivity index (χ4n) is 9.52. The van der Waals surface area contributed by atoms with Crippen LogP contribution in [0.3, 0.4) is 0 Å². The summed E-state index contributed by atoms with van der Waals surface area (Å²) >= 11 is 5.27. The van der Waals surface area contributed by atoms with Crippen LogP contribution in [-0.2, 0) is 47.5 Å². The second-order valence-electron chi connectivity index (χ2n) is 28.8. The molecule has 3 unspecified atom stereocenters. The van der Waals surface area contributed by atoms with E-state index in [1.807, 2.05) is 0 Å². The molecule has 0 spiro atoms. The second-order valence-corrected chi connectivity index (χ2v) is 32.3. The Morgan fingerprint density at radius 2 is 0.569 bits per heavy atom. The number of ether oxygens (including phenoxy) is 12. The second kappa shape index (κ2) is 65.8. The van der Waals surface area contributed by atoms with Gasteiger partial charge in [-0.3, -0.25) is 8.37 Å². The number of hydrogen-bond donors (Lipinski definition) is 7. The number of aliphatic hydroxyl groups excluding tert-OH is 6. The number of aliphatic hydroxyl groups is 6. The molecule has 4 aliphatic heterocycles. The third-order valence-electron chi connectivity index (χ3n) is 17.2. The molecule has 744 valence electrons. The first-order chi connectivity index (χ1) is 65.4. The van der Waals surface area contributed by atoms with E-state index in [1.54, 1.807) is 84.9 Å². The Morgan fingerprint density at radius 1 is 0.328 bits per heavy atom. The quantitative estimate of drug-likeness (QED) is 0.00616. The molecule has 4 heterocycles. The van der Waals surface area contributed by atoms with E-state index >= 15 is 0 Å². The first-order valence-corrected chi connectivity index (χ1v) is 45.4. The predicted octanol–water partition coefficient (Wildman–Crippen LogP) is 17.2. The summed E-state index contributed by atoms with van der Waals surface area (Å²) in [5.74, 6) is 2.32. The molecule has 0 aliphatic carbocycles. The molecule has 9 atom stereocenters. The van der Waals surface area contributed by atoms with Crippen molar-refractivity contribution < 1.29 is 157 Å². The summed E-state index contributed by atoms with van der Waals surface area (Å²) in [6.45, 7) is 11.1. The van der Waals surface area contributed by atoms with Crippen molar-refractivity contribution in [1.29, 1.82) is 0 Å². The summed E-state index contributed by atoms with van der Waals surface area (Å²) in [5.41, 5.74) is 0. The van der Waals surface area contributed by atoms with Crippen LogP contribution in [0.25, 0.3) is 0 Å². The lowest BCUT2D eigenvalue weighted by Crippen LogP contribution is -2.25. The summed E-state index contributed by atoms with van der Waals surface area (Å²) in [4.78, 5) is 0.108. The van der Waals surface area contributed by atoms with Gasteiger partial charge in [-0.25, -0.2) is 39.5 Å². The van der Waals surface area contributed by atoms with Gasteiger partial charge in [0.05, 0.1) is 74.1 Å². The maximum atomic E-state index is 12.9. The van der Waals surface area contributed by atoms with E-state index in [-0.39, 0.29) is 134 Å². The first kappa shape index (κ1) is 116. The molecule has 0 amide bonds. The van der Waals surface area contributed by atoms with Crippen molar-refractivity contribution in [2.45, 2.75) is 97.8 Å². The third kappa shape index (κ3) is 55.2. The molecule has 15 rings (SSSR count). The highest BCUT2D eigenvalue weighted by atomic mass is 35.5. The molecule has 0 saturated carbocycles. The van der Waals surface area contributed by atoms with Crippen molar-refractivity contribution in [3.8, 4) is 51.7 Å². The van der Waals surface area contributed by atoms with E-state index in [0.29, 0.717) is 97.1 Å². The highest BCUT2D eigenvalue weighted by Crippen LogP contribution is 2.24. The minimum Gasteiger partial charge on any atom is -0.508 e. The number of allylic oxidation sites excluding steroid dienone is 2. The lowest BCUT2D eigenvalue weighted by atomic mass is 10.2.